The van der Waals surface area contributed by atoms with E-state index in [0.717, 1.165) is 78.9 Å². The number of carbonyl (C=O) groups is 1. The third-order valence-corrected chi connectivity index (χ3v) is 9.11. The summed E-state index contributed by atoms with van der Waals surface area (Å²) in [7, 11) is 8.12. The molecule has 3 aliphatic heterocycles. The summed E-state index contributed by atoms with van der Waals surface area (Å²) in [5.74, 6) is 7.12. The van der Waals surface area contributed by atoms with E-state index in [1.54, 1.807) is 17.2 Å². The Balaban J connectivity index is 1.47. The summed E-state index contributed by atoms with van der Waals surface area (Å²) in [6.45, 7) is 7.55. The number of hydrogen-bond donors (Lipinski definition) is 2. The van der Waals surface area contributed by atoms with Gasteiger partial charge in [-0.25, -0.2) is 4.98 Å². The van der Waals surface area contributed by atoms with E-state index in [1.807, 2.05) is 43.3 Å². The lowest BCUT2D eigenvalue weighted by Gasteiger charge is -2.44. The van der Waals surface area contributed by atoms with Crippen molar-refractivity contribution in [2.75, 3.05) is 101 Å². The molecule has 12 nitrogen and oxygen atoms in total. The van der Waals surface area contributed by atoms with Gasteiger partial charge >= 0.3 is 0 Å². The molecule has 0 spiro atoms. The summed E-state index contributed by atoms with van der Waals surface area (Å²) in [5.41, 5.74) is 12.2. The Morgan fingerprint density at radius 2 is 1.83 bits per heavy atom. The fraction of sp³-hybridized carbons (Fsp3) is 0.500. The molecule has 1 unspecified atom stereocenters. The molecule has 0 saturated carbocycles. The molecule has 1 aromatic heterocycles. The van der Waals surface area contributed by atoms with Gasteiger partial charge < -0.3 is 35.1 Å². The molecule has 1 atom stereocenters. The zero-order chi connectivity index (χ0) is 33.0. The van der Waals surface area contributed by atoms with Crippen LogP contribution in [0.4, 0.5) is 23.1 Å². The third kappa shape index (κ3) is 6.94. The zero-order valence-corrected chi connectivity index (χ0v) is 27.7. The van der Waals surface area contributed by atoms with Crippen molar-refractivity contribution >= 4 is 35.3 Å². The van der Waals surface area contributed by atoms with Crippen molar-refractivity contribution in [1.82, 2.24) is 24.7 Å². The van der Waals surface area contributed by atoms with Gasteiger partial charge in [0.15, 0.2) is 12.3 Å². The second kappa shape index (κ2) is 14.2. The molecular weight excluding hydrogens is 578 g/mol. The van der Waals surface area contributed by atoms with Crippen molar-refractivity contribution in [2.24, 2.45) is 0 Å². The van der Waals surface area contributed by atoms with Crippen molar-refractivity contribution in [3.63, 3.8) is 0 Å². The van der Waals surface area contributed by atoms with Crippen LogP contribution in [-0.2, 0) is 17.6 Å². The Morgan fingerprint density at radius 1 is 1.07 bits per heavy atom. The third-order valence-electron chi connectivity index (χ3n) is 9.11. The molecule has 0 aliphatic carbocycles. The van der Waals surface area contributed by atoms with Crippen LogP contribution in [0.15, 0.2) is 24.3 Å². The van der Waals surface area contributed by atoms with Crippen molar-refractivity contribution in [3.8, 4) is 17.9 Å². The van der Waals surface area contributed by atoms with Crippen LogP contribution >= 0.6 is 0 Å². The minimum absolute atomic E-state index is 0.100. The number of nitrogens with two attached hydrogens (primary N) is 2. The minimum Gasteiger partial charge on any atom is -0.398 e. The number of aromatic nitrogens is 2. The number of aryl methyl sites for hydroxylation is 1. The van der Waals surface area contributed by atoms with Crippen LogP contribution in [0, 0.1) is 30.1 Å². The summed E-state index contributed by atoms with van der Waals surface area (Å²) < 4.78 is 0. The van der Waals surface area contributed by atoms with Crippen molar-refractivity contribution in [2.45, 2.75) is 31.8 Å². The van der Waals surface area contributed by atoms with E-state index in [1.165, 1.54) is 0 Å². The number of piperazine rings is 1. The molecule has 0 bridgehead atoms. The standard InChI is InChI=1S/C34H45N11O/c1-24-10-11-29(37)28(20-36)32(24)42-16-12-27-30(13-17-42)38-34(44-22-26(23-44)41(4)5)39-33(27)43-18-19-45(25(21-43)8-6-14-35)31(46)9-7-15-40(2)3/h7,9-11,20,25-26,36H,12-13,15-19,21-23,37H2,1-5H3/p+1/b9-7+,36-20?. The summed E-state index contributed by atoms with van der Waals surface area (Å²) in [5, 5.41) is 15.3. The van der Waals surface area contributed by atoms with Gasteiger partial charge in [0.25, 0.3) is 0 Å². The van der Waals surface area contributed by atoms with E-state index >= 15 is 0 Å². The number of benzene rings is 1. The van der Waals surface area contributed by atoms with Crippen LogP contribution in [0.3, 0.4) is 0 Å². The maximum absolute atomic E-state index is 13.2. The normalized spacial score (nSPS) is 18.6. The van der Waals surface area contributed by atoms with Gasteiger partial charge in [0.1, 0.15) is 11.9 Å². The number of rotatable bonds is 8. The molecule has 2 saturated heterocycles. The van der Waals surface area contributed by atoms with E-state index in [-0.39, 0.29) is 5.91 Å². The van der Waals surface area contributed by atoms with E-state index in [2.05, 4.69) is 52.5 Å². The first-order chi connectivity index (χ1) is 22.1. The summed E-state index contributed by atoms with van der Waals surface area (Å²) in [4.78, 5) is 36.4. The molecular formula is C34H46N11O+. The number of fused-ring (bicyclic) bond motifs is 1. The first-order valence-corrected chi connectivity index (χ1v) is 15.9. The van der Waals surface area contributed by atoms with Gasteiger partial charge in [-0.2, -0.15) is 10.2 Å². The second-order valence-corrected chi connectivity index (χ2v) is 12.7. The van der Waals surface area contributed by atoms with Gasteiger partial charge in [-0.15, -0.1) is 0 Å². The Labute approximate surface area is 272 Å². The lowest BCUT2D eigenvalue weighted by molar-refractivity contribution is -0.127. The monoisotopic (exact) mass is 624 g/mol. The van der Waals surface area contributed by atoms with Crippen LogP contribution in [0.25, 0.3) is 0 Å². The van der Waals surface area contributed by atoms with Crippen LogP contribution < -0.4 is 25.8 Å². The minimum atomic E-state index is -0.444. The molecule has 1 aromatic carbocycles. The number of nitriles is 1. The maximum Gasteiger partial charge on any atom is 0.247 e. The van der Waals surface area contributed by atoms with Gasteiger partial charge in [-0.3, -0.25) is 10.2 Å². The van der Waals surface area contributed by atoms with Crippen LogP contribution in [0.5, 0.6) is 0 Å². The van der Waals surface area contributed by atoms with Gasteiger partial charge in [-0.05, 0) is 53.2 Å². The molecule has 2 fully saturated rings. The molecule has 3 aliphatic rings. The summed E-state index contributed by atoms with van der Waals surface area (Å²) in [6, 6.07) is 5.90. The molecule has 4 N–H and O–H groups in total. The first kappa shape index (κ1) is 32.7. The quantitative estimate of drug-likeness (QED) is 0.172. The number of nitrogen functional groups attached to an aromatic ring is 1. The average molecular weight is 625 g/mol. The van der Waals surface area contributed by atoms with Crippen molar-refractivity contribution in [1.29, 1.82) is 5.26 Å². The fourth-order valence-corrected chi connectivity index (χ4v) is 6.40. The number of anilines is 4. The largest absolute Gasteiger partial charge is 0.398 e. The Morgan fingerprint density at radius 3 is 2.52 bits per heavy atom. The smallest absolute Gasteiger partial charge is 0.247 e. The molecule has 2 aromatic rings. The highest BCUT2D eigenvalue weighted by Crippen LogP contribution is 2.34. The van der Waals surface area contributed by atoms with Crippen LogP contribution in [0.1, 0.15) is 22.4 Å². The number of likely N-dealkylation sites (N-methyl/N-ethyl adjacent to an activating group) is 2. The molecule has 46 heavy (non-hydrogen) atoms. The van der Waals surface area contributed by atoms with Crippen molar-refractivity contribution < 1.29 is 10.2 Å². The highest BCUT2D eigenvalue weighted by molar-refractivity contribution is 5.93. The van der Waals surface area contributed by atoms with Gasteiger partial charge in [-0.1, -0.05) is 18.1 Å². The molecule has 0 radical (unpaired) electrons. The highest BCUT2D eigenvalue weighted by Gasteiger charge is 2.35. The van der Waals surface area contributed by atoms with E-state index in [9.17, 15) is 10.1 Å². The van der Waals surface area contributed by atoms with Crippen LogP contribution in [-0.4, -0.2) is 129 Å². The highest BCUT2D eigenvalue weighted by atomic mass is 16.2. The van der Waals surface area contributed by atoms with Crippen LogP contribution in [0.2, 0.25) is 0 Å². The summed E-state index contributed by atoms with van der Waals surface area (Å²) in [6.07, 6.45) is 6.55. The maximum atomic E-state index is 13.2. The lowest BCUT2D eigenvalue weighted by atomic mass is 10.0. The second-order valence-electron chi connectivity index (χ2n) is 12.7. The topological polar surface area (TPSA) is 138 Å². The number of nitrogens with zero attached hydrogens (tertiary/aromatic N) is 9. The fourth-order valence-electron chi connectivity index (χ4n) is 6.40. The first-order valence-electron chi connectivity index (χ1n) is 15.9. The van der Waals surface area contributed by atoms with Gasteiger partial charge in [0, 0.05) is 81.5 Å². The SMILES string of the molecule is Cc1ccc(N)c(C=[NH2+])c1N1CCc2nc(N3CC(N(C)C)C3)nc(N3CCN(C(=O)/C=C/CN(C)C)C(C#CC#N)C3)c2CC1. The predicted octanol–water partition coefficient (Wildman–Crippen LogP) is -0.437. The lowest BCUT2D eigenvalue weighted by Crippen LogP contribution is -2.58. The van der Waals surface area contributed by atoms with Gasteiger partial charge in [0.2, 0.25) is 11.9 Å². The van der Waals surface area contributed by atoms with E-state index in [0.29, 0.717) is 37.9 Å². The molecule has 242 valence electrons. The van der Waals surface area contributed by atoms with E-state index in [4.69, 9.17) is 21.1 Å². The average Bonchev–Trinajstić information content (AvgIpc) is 3.22. The number of hydrogen-bond acceptors (Lipinski definition) is 10. The Kier molecular flexibility index (Phi) is 10.1. The van der Waals surface area contributed by atoms with E-state index < -0.39 is 6.04 Å². The predicted molar refractivity (Wildman–Crippen MR) is 183 cm³/mol. The number of amides is 1. The summed E-state index contributed by atoms with van der Waals surface area (Å²) >= 11 is 0. The molecule has 5 rings (SSSR count). The molecule has 4 heterocycles. The molecule has 1 amide bonds. The zero-order valence-electron chi connectivity index (χ0n) is 27.7. The number of carbonyl (C=O) groups excluding carboxylic acids is 1. The van der Waals surface area contributed by atoms with Crippen molar-refractivity contribution in [3.05, 3.63) is 46.7 Å². The molecule has 12 heteroatoms. The Bertz CT molecular complexity index is 1590. The Hall–Kier alpha value is -4.65. The van der Waals surface area contributed by atoms with Gasteiger partial charge in [0.05, 0.1) is 23.5 Å².